The standard InChI is InChI=1S/C36H48O3/c1-5-8-10-11-16-27-38-28(4)29-23-25-31(26-24-29)32-19-12-13-21-34(32)36(37)39-35-22-15-14-20-33(35)30(17-7-3)18-9-6-2/h12-15,19-26,28,30H,5-11,16-18,27H2,1-4H3. The van der Waals surface area contributed by atoms with E-state index in [4.69, 9.17) is 9.47 Å². The Morgan fingerprint density at radius 3 is 2.15 bits per heavy atom. The number of unbranched alkanes of at least 4 members (excludes halogenated alkanes) is 5. The van der Waals surface area contributed by atoms with Crippen LogP contribution in [0.1, 0.15) is 125 Å². The Morgan fingerprint density at radius 2 is 1.41 bits per heavy atom. The molecule has 0 amide bonds. The second kappa shape index (κ2) is 16.9. The van der Waals surface area contributed by atoms with Gasteiger partial charge in [-0.3, -0.25) is 0 Å². The first-order valence-electron chi connectivity index (χ1n) is 15.2. The van der Waals surface area contributed by atoms with Gasteiger partial charge in [0.2, 0.25) is 0 Å². The summed E-state index contributed by atoms with van der Waals surface area (Å²) in [6.45, 7) is 9.58. The summed E-state index contributed by atoms with van der Waals surface area (Å²) in [5.41, 5.74) is 4.75. The summed E-state index contributed by atoms with van der Waals surface area (Å²) in [5.74, 6) is 0.776. The lowest BCUT2D eigenvalue weighted by Gasteiger charge is -2.20. The summed E-state index contributed by atoms with van der Waals surface area (Å²) in [4.78, 5) is 13.5. The highest BCUT2D eigenvalue weighted by Gasteiger charge is 2.20. The van der Waals surface area contributed by atoms with Gasteiger partial charge in [-0.1, -0.05) is 126 Å². The zero-order valence-corrected chi connectivity index (χ0v) is 24.6. The number of benzene rings is 3. The summed E-state index contributed by atoms with van der Waals surface area (Å²) in [7, 11) is 0. The van der Waals surface area contributed by atoms with Crippen LogP contribution in [-0.2, 0) is 4.74 Å². The Labute approximate surface area is 237 Å². The van der Waals surface area contributed by atoms with Crippen molar-refractivity contribution in [1.29, 1.82) is 0 Å². The van der Waals surface area contributed by atoms with Crippen molar-refractivity contribution < 1.29 is 14.3 Å². The lowest BCUT2D eigenvalue weighted by molar-refractivity contribution is 0.0627. The summed E-state index contributed by atoms with van der Waals surface area (Å²) in [6, 6.07) is 24.2. The van der Waals surface area contributed by atoms with Crippen LogP contribution in [0, 0.1) is 0 Å². The van der Waals surface area contributed by atoms with Crippen LogP contribution in [0.2, 0.25) is 0 Å². The second-order valence-electron chi connectivity index (χ2n) is 10.6. The van der Waals surface area contributed by atoms with Crippen molar-refractivity contribution in [3.8, 4) is 16.9 Å². The number of hydrogen-bond acceptors (Lipinski definition) is 3. The van der Waals surface area contributed by atoms with E-state index in [0.29, 0.717) is 17.2 Å². The van der Waals surface area contributed by atoms with E-state index in [9.17, 15) is 4.79 Å². The van der Waals surface area contributed by atoms with E-state index in [1.165, 1.54) is 32.1 Å². The van der Waals surface area contributed by atoms with E-state index in [1.54, 1.807) is 0 Å². The van der Waals surface area contributed by atoms with Crippen molar-refractivity contribution in [2.75, 3.05) is 6.61 Å². The van der Waals surface area contributed by atoms with Crippen LogP contribution in [0.15, 0.2) is 72.8 Å². The quantitative estimate of drug-likeness (QED) is 0.0993. The average molecular weight is 529 g/mol. The molecule has 2 atom stereocenters. The third-order valence-corrected chi connectivity index (χ3v) is 7.56. The molecule has 3 aromatic carbocycles. The van der Waals surface area contributed by atoms with E-state index >= 15 is 0 Å². The number of ether oxygens (including phenoxy) is 2. The van der Waals surface area contributed by atoms with Gasteiger partial charge in [0.15, 0.2) is 0 Å². The lowest BCUT2D eigenvalue weighted by Crippen LogP contribution is -2.12. The fourth-order valence-electron chi connectivity index (χ4n) is 5.23. The predicted octanol–water partition coefficient (Wildman–Crippen LogP) is 10.7. The molecule has 0 bridgehead atoms. The SMILES string of the molecule is CCCCCCCOC(C)c1ccc(-c2ccccc2C(=O)Oc2ccccc2C(CCC)CCCC)cc1. The smallest absolute Gasteiger partial charge is 0.344 e. The molecule has 39 heavy (non-hydrogen) atoms. The van der Waals surface area contributed by atoms with Crippen LogP contribution in [0.3, 0.4) is 0 Å². The molecule has 0 aliphatic carbocycles. The number of rotatable bonds is 17. The molecule has 0 aliphatic rings. The van der Waals surface area contributed by atoms with Crippen LogP contribution >= 0.6 is 0 Å². The molecule has 0 heterocycles. The van der Waals surface area contributed by atoms with E-state index in [-0.39, 0.29) is 12.1 Å². The normalized spacial score (nSPS) is 12.7. The molecule has 3 nitrogen and oxygen atoms in total. The molecule has 3 aromatic rings. The monoisotopic (exact) mass is 528 g/mol. The van der Waals surface area contributed by atoms with E-state index < -0.39 is 0 Å². The van der Waals surface area contributed by atoms with Crippen LogP contribution < -0.4 is 4.74 Å². The van der Waals surface area contributed by atoms with Crippen molar-refractivity contribution in [1.82, 2.24) is 0 Å². The van der Waals surface area contributed by atoms with Crippen LogP contribution in [0.5, 0.6) is 5.75 Å². The number of carbonyl (C=O) groups excluding carboxylic acids is 1. The molecule has 0 saturated carbocycles. The summed E-state index contributed by atoms with van der Waals surface area (Å²) < 4.78 is 12.2. The fraction of sp³-hybridized carbons (Fsp3) is 0.472. The molecule has 0 aromatic heterocycles. The van der Waals surface area contributed by atoms with Crippen LogP contribution in [0.4, 0.5) is 0 Å². The van der Waals surface area contributed by atoms with Gasteiger partial charge in [-0.15, -0.1) is 0 Å². The average Bonchev–Trinajstić information content (AvgIpc) is 2.97. The molecule has 0 radical (unpaired) electrons. The first-order chi connectivity index (χ1) is 19.1. The molecular weight excluding hydrogens is 480 g/mol. The molecule has 3 heteroatoms. The molecule has 0 fully saturated rings. The Morgan fingerprint density at radius 1 is 0.718 bits per heavy atom. The van der Waals surface area contributed by atoms with Gasteiger partial charge in [-0.05, 0) is 66.5 Å². The minimum Gasteiger partial charge on any atom is -0.423 e. The Balaban J connectivity index is 1.72. The Kier molecular flexibility index (Phi) is 13.3. The van der Waals surface area contributed by atoms with Gasteiger partial charge < -0.3 is 9.47 Å². The van der Waals surface area contributed by atoms with Gasteiger partial charge >= 0.3 is 5.97 Å². The van der Waals surface area contributed by atoms with Crippen molar-refractivity contribution in [2.24, 2.45) is 0 Å². The maximum Gasteiger partial charge on any atom is 0.344 e. The lowest BCUT2D eigenvalue weighted by atomic mass is 9.89. The molecule has 0 saturated heterocycles. The molecule has 2 unspecified atom stereocenters. The van der Waals surface area contributed by atoms with Gasteiger partial charge in [0.25, 0.3) is 0 Å². The Hall–Kier alpha value is -2.91. The first kappa shape index (κ1) is 30.6. The summed E-state index contributed by atoms with van der Waals surface area (Å²) in [6.07, 6.45) is 11.9. The first-order valence-corrected chi connectivity index (χ1v) is 15.2. The fourth-order valence-corrected chi connectivity index (χ4v) is 5.23. The van der Waals surface area contributed by atoms with Crippen molar-refractivity contribution in [3.05, 3.63) is 89.5 Å². The summed E-state index contributed by atoms with van der Waals surface area (Å²) in [5, 5.41) is 0. The highest BCUT2D eigenvalue weighted by Crippen LogP contribution is 2.35. The highest BCUT2D eigenvalue weighted by atomic mass is 16.5. The Bertz CT molecular complexity index is 1120. The van der Waals surface area contributed by atoms with Gasteiger partial charge in [0.1, 0.15) is 5.75 Å². The molecule has 0 spiro atoms. The molecular formula is C36H48O3. The topological polar surface area (TPSA) is 35.5 Å². The molecule has 0 aliphatic heterocycles. The van der Waals surface area contributed by atoms with Gasteiger partial charge in [-0.25, -0.2) is 4.79 Å². The number of carbonyl (C=O) groups is 1. The van der Waals surface area contributed by atoms with Crippen molar-refractivity contribution in [3.63, 3.8) is 0 Å². The third-order valence-electron chi connectivity index (χ3n) is 7.56. The minimum absolute atomic E-state index is 0.0470. The summed E-state index contributed by atoms with van der Waals surface area (Å²) >= 11 is 0. The number of hydrogen-bond donors (Lipinski definition) is 0. The van der Waals surface area contributed by atoms with E-state index in [2.05, 4.69) is 58.0 Å². The largest absolute Gasteiger partial charge is 0.423 e. The third kappa shape index (κ3) is 9.35. The highest BCUT2D eigenvalue weighted by molar-refractivity contribution is 5.98. The maximum absolute atomic E-state index is 13.5. The molecule has 210 valence electrons. The molecule has 3 rings (SSSR count). The van der Waals surface area contributed by atoms with Crippen molar-refractivity contribution in [2.45, 2.75) is 104 Å². The minimum atomic E-state index is -0.312. The van der Waals surface area contributed by atoms with Gasteiger partial charge in [0.05, 0.1) is 11.7 Å². The van der Waals surface area contributed by atoms with Crippen molar-refractivity contribution >= 4 is 5.97 Å². The van der Waals surface area contributed by atoms with Gasteiger partial charge in [0, 0.05) is 6.61 Å². The zero-order chi connectivity index (χ0) is 27.9. The van der Waals surface area contributed by atoms with Crippen LogP contribution in [0.25, 0.3) is 11.1 Å². The number of para-hydroxylation sites is 1. The number of esters is 1. The zero-order valence-electron chi connectivity index (χ0n) is 24.6. The molecule has 0 N–H and O–H groups in total. The predicted molar refractivity (Wildman–Crippen MR) is 164 cm³/mol. The second-order valence-corrected chi connectivity index (χ2v) is 10.6. The van der Waals surface area contributed by atoms with Gasteiger partial charge in [-0.2, -0.15) is 0 Å². The maximum atomic E-state index is 13.5. The van der Waals surface area contributed by atoms with Crippen LogP contribution in [-0.4, -0.2) is 12.6 Å². The van der Waals surface area contributed by atoms with E-state index in [1.807, 2.05) is 42.5 Å². The van der Waals surface area contributed by atoms with E-state index in [0.717, 1.165) is 61.0 Å².